The number of methoxy groups -OCH3 is 1. The normalized spacial score (nSPS) is 13.9. The van der Waals surface area contributed by atoms with Gasteiger partial charge in [0.2, 0.25) is 11.8 Å². The number of aromatic carboxylic acids is 2. The molecule has 1 aromatic carbocycles. The van der Waals surface area contributed by atoms with Gasteiger partial charge in [0, 0.05) is 31.8 Å². The largest absolute Gasteiger partial charge is 0.478 e. The van der Waals surface area contributed by atoms with Crippen LogP contribution >= 0.6 is 0 Å². The zero-order chi connectivity index (χ0) is 75.3. The average molecular weight is 1510 g/mol. The summed E-state index contributed by atoms with van der Waals surface area (Å²) in [6, 6.07) is -0.0173. The quantitative estimate of drug-likeness (QED) is 0.0456. The van der Waals surface area contributed by atoms with Crippen molar-refractivity contribution >= 4 is 41.2 Å². The maximum Gasteiger partial charge on any atom is 0.411 e. The Hall–Kier alpha value is -4.79. The molecule has 3 amide bonds. The summed E-state index contributed by atoms with van der Waals surface area (Å²) in [6.07, 6.45) is -0.893. The van der Waals surface area contributed by atoms with Gasteiger partial charge in [-0.15, -0.1) is 0 Å². The monoisotopic (exact) mass is 1510 g/mol. The highest BCUT2D eigenvalue weighted by molar-refractivity contribution is 6.06. The Morgan fingerprint density at radius 1 is 0.385 bits per heavy atom. The van der Waals surface area contributed by atoms with Crippen LogP contribution in [-0.4, -0.2) is 387 Å². The Bertz CT molecular complexity index is 2230. The summed E-state index contributed by atoms with van der Waals surface area (Å²) >= 11 is 0. The zero-order valence-corrected chi connectivity index (χ0v) is 61.8. The van der Waals surface area contributed by atoms with E-state index in [0.29, 0.717) is 291 Å². The van der Waals surface area contributed by atoms with E-state index in [2.05, 4.69) is 10.6 Å². The summed E-state index contributed by atoms with van der Waals surface area (Å²) in [5, 5.41) is 24.4. The first-order valence-electron chi connectivity index (χ1n) is 35.5. The van der Waals surface area contributed by atoms with E-state index in [1.54, 1.807) is 27.9 Å². The minimum absolute atomic E-state index is 0.0181. The van der Waals surface area contributed by atoms with Crippen LogP contribution in [-0.2, 0) is 128 Å². The zero-order valence-electron chi connectivity index (χ0n) is 61.8. The Labute approximate surface area is 611 Å². The molecule has 1 aromatic rings. The first-order valence-corrected chi connectivity index (χ1v) is 35.5. The number of anilines is 2. The molecule has 0 aliphatic carbocycles. The van der Waals surface area contributed by atoms with Crippen molar-refractivity contribution in [1.29, 1.82) is 0 Å². The SMILES string of the molecule is COCCOCCOCCOCCOCCOCCOCCOCCOCCOCCOCCOCCOCCOCCOCCOCCOCCOCCOCCOCCOCCOCCOCCOCCC(=O)NC1CC(C(=O)Nc2cc(C(=O)O)c(N)cc2C(=O)O)N(C(=O)OC(C)(C)C)C1. The van der Waals surface area contributed by atoms with Crippen LogP contribution < -0.4 is 16.4 Å². The van der Waals surface area contributed by atoms with Crippen LogP contribution in [0.15, 0.2) is 12.1 Å². The number of carbonyl (C=O) groups is 5. The summed E-state index contributed by atoms with van der Waals surface area (Å²) in [5.74, 6) is -4.12. The molecule has 2 atom stereocenters. The molecule has 2 rings (SSSR count). The van der Waals surface area contributed by atoms with Gasteiger partial charge in [0.05, 0.1) is 327 Å². The molecule has 0 radical (unpaired) electrons. The van der Waals surface area contributed by atoms with Gasteiger partial charge in [-0.2, -0.15) is 0 Å². The smallest absolute Gasteiger partial charge is 0.411 e. The number of nitrogens with zero attached hydrogens (tertiary/aromatic N) is 1. The van der Waals surface area contributed by atoms with Crippen LogP contribution in [0.25, 0.3) is 0 Å². The van der Waals surface area contributed by atoms with Crippen LogP contribution in [0, 0.1) is 0 Å². The van der Waals surface area contributed by atoms with E-state index in [4.69, 9.17) is 124 Å². The van der Waals surface area contributed by atoms with E-state index in [1.807, 2.05) is 0 Å². The van der Waals surface area contributed by atoms with Crippen molar-refractivity contribution in [2.45, 2.75) is 51.3 Å². The third kappa shape index (κ3) is 57.4. The highest BCUT2D eigenvalue weighted by Gasteiger charge is 2.42. The molecule has 0 bridgehead atoms. The van der Waals surface area contributed by atoms with Gasteiger partial charge in [0.15, 0.2) is 0 Å². The average Bonchev–Trinajstić information content (AvgIpc) is 1.49. The minimum atomic E-state index is -1.47. The lowest BCUT2D eigenvalue weighted by Crippen LogP contribution is -2.46. The Kier molecular flexibility index (Phi) is 63.0. The third-order valence-electron chi connectivity index (χ3n) is 13.6. The predicted molar refractivity (Wildman–Crippen MR) is 372 cm³/mol. The highest BCUT2D eigenvalue weighted by atomic mass is 16.6. The van der Waals surface area contributed by atoms with Crippen molar-refractivity contribution in [3.63, 3.8) is 0 Å². The number of carbonyl (C=O) groups excluding carboxylic acids is 3. The van der Waals surface area contributed by atoms with Crippen molar-refractivity contribution in [3.8, 4) is 0 Å². The van der Waals surface area contributed by atoms with E-state index in [9.17, 15) is 34.2 Å². The summed E-state index contributed by atoms with van der Waals surface area (Å²) in [5.41, 5.74) is 3.28. The number of hydrogen-bond donors (Lipinski definition) is 5. The van der Waals surface area contributed by atoms with Gasteiger partial charge in [-0.05, 0) is 39.3 Å². The maximum absolute atomic E-state index is 13.5. The molecule has 1 fully saturated rings. The molecule has 1 aliphatic heterocycles. The molecular formula is C68H122N4O32. The van der Waals surface area contributed by atoms with Crippen molar-refractivity contribution in [2.75, 3.05) is 335 Å². The number of carboxylic acid groups (broad SMARTS) is 2. The molecule has 606 valence electrons. The van der Waals surface area contributed by atoms with Crippen LogP contribution in [0.5, 0.6) is 0 Å². The fourth-order valence-electron chi connectivity index (χ4n) is 8.56. The van der Waals surface area contributed by atoms with Crippen LogP contribution in [0.3, 0.4) is 0 Å². The summed E-state index contributed by atoms with van der Waals surface area (Å²) in [6.45, 7) is 25.9. The fourth-order valence-corrected chi connectivity index (χ4v) is 8.56. The molecule has 1 heterocycles. The van der Waals surface area contributed by atoms with E-state index in [1.165, 1.54) is 0 Å². The molecule has 104 heavy (non-hydrogen) atoms. The van der Waals surface area contributed by atoms with Gasteiger partial charge in [-0.25, -0.2) is 14.4 Å². The Balaban J connectivity index is 1.20. The Morgan fingerprint density at radius 2 is 0.625 bits per heavy atom. The minimum Gasteiger partial charge on any atom is -0.478 e. The van der Waals surface area contributed by atoms with Crippen molar-refractivity contribution < 1.29 is 153 Å². The molecule has 1 aliphatic rings. The van der Waals surface area contributed by atoms with Gasteiger partial charge >= 0.3 is 18.0 Å². The van der Waals surface area contributed by atoms with Gasteiger partial charge in [0.25, 0.3) is 0 Å². The molecule has 6 N–H and O–H groups in total. The van der Waals surface area contributed by atoms with E-state index < -0.39 is 58.7 Å². The number of nitrogens with two attached hydrogens (primary N) is 1. The number of nitrogens with one attached hydrogen (secondary N) is 2. The lowest BCUT2D eigenvalue weighted by molar-refractivity contribution is -0.123. The first kappa shape index (κ1) is 95.3. The maximum atomic E-state index is 13.5. The number of hydrogen-bond acceptors (Lipinski definition) is 31. The third-order valence-corrected chi connectivity index (χ3v) is 13.6. The second-order valence-electron chi connectivity index (χ2n) is 23.1. The summed E-state index contributed by atoms with van der Waals surface area (Å²) < 4.78 is 137. The topological polar surface area (TPSA) is 410 Å². The molecule has 0 saturated carbocycles. The highest BCUT2D eigenvalue weighted by Crippen LogP contribution is 2.27. The van der Waals surface area contributed by atoms with Gasteiger partial charge in [-0.3, -0.25) is 14.5 Å². The second-order valence-corrected chi connectivity index (χ2v) is 23.1. The number of ether oxygens (including phenoxy) is 25. The number of likely N-dealkylation sites (tertiary alicyclic amines) is 1. The number of carboxylic acids is 2. The van der Waals surface area contributed by atoms with Crippen LogP contribution in [0.2, 0.25) is 0 Å². The molecule has 2 unspecified atom stereocenters. The molecular weight excluding hydrogens is 1380 g/mol. The number of amides is 3. The van der Waals surface area contributed by atoms with Crippen molar-refractivity contribution in [3.05, 3.63) is 23.3 Å². The van der Waals surface area contributed by atoms with E-state index in [-0.39, 0.29) is 50.6 Å². The molecule has 0 spiro atoms. The Morgan fingerprint density at radius 3 is 0.856 bits per heavy atom. The van der Waals surface area contributed by atoms with Crippen molar-refractivity contribution in [2.24, 2.45) is 0 Å². The van der Waals surface area contributed by atoms with Gasteiger partial charge < -0.3 is 145 Å². The number of benzene rings is 1. The van der Waals surface area contributed by atoms with Crippen LogP contribution in [0.4, 0.5) is 16.2 Å². The predicted octanol–water partition coefficient (Wildman–Crippen LogP) is 1.52. The lowest BCUT2D eigenvalue weighted by atomic mass is 10.1. The lowest BCUT2D eigenvalue weighted by Gasteiger charge is -2.28. The van der Waals surface area contributed by atoms with Crippen molar-refractivity contribution in [1.82, 2.24) is 10.2 Å². The van der Waals surface area contributed by atoms with Gasteiger partial charge in [-0.1, -0.05) is 0 Å². The van der Waals surface area contributed by atoms with Crippen LogP contribution in [0.1, 0.15) is 54.3 Å². The van der Waals surface area contributed by atoms with Gasteiger partial charge in [0.1, 0.15) is 11.6 Å². The molecule has 36 heteroatoms. The molecule has 0 aromatic heterocycles. The number of rotatable bonds is 77. The summed E-state index contributed by atoms with van der Waals surface area (Å²) in [4.78, 5) is 64.2. The number of nitrogen functional groups attached to an aromatic ring is 1. The second kappa shape index (κ2) is 68.7. The molecule has 1 saturated heterocycles. The standard InChI is InChI=1S/C68H122N4O32/c1-68(2,3)104-67(79)72-56-57(53-62(72)64(74)71-61-55-58(65(75)76)60(69)54-59(61)66(77)78)70-63(73)5-6-81-9-10-83-13-14-85-17-18-87-21-22-89-25-26-91-29-30-93-33-34-95-37-38-97-41-42-99-45-46-101-49-50-103-52-51-102-48-47-100-44-43-98-40-39-96-36-35-94-32-31-92-28-27-90-24-23-88-20-19-86-16-15-84-12-11-82-8-7-80-4/h54-55,57,62H,5-53,56,69H2,1-4H3,(H,70,73)(H,71,74)(H,75,76)(H,77,78). The molecule has 36 nitrogen and oxygen atoms in total. The fraction of sp³-hybridized carbons (Fsp3) is 0.838. The summed E-state index contributed by atoms with van der Waals surface area (Å²) in [7, 11) is 1.64. The first-order chi connectivity index (χ1) is 50.7. The van der Waals surface area contributed by atoms with E-state index in [0.717, 1.165) is 17.0 Å². The van der Waals surface area contributed by atoms with E-state index >= 15 is 0 Å².